The Kier molecular flexibility index (Phi) is 4.61. The molecule has 0 saturated carbocycles. The van der Waals surface area contributed by atoms with Crippen molar-refractivity contribution in [2.45, 2.75) is 45.3 Å². The molecule has 0 bridgehead atoms. The van der Waals surface area contributed by atoms with Crippen LogP contribution in [-0.2, 0) is 11.2 Å². The molecule has 1 N–H and O–H groups in total. The summed E-state index contributed by atoms with van der Waals surface area (Å²) in [7, 11) is 0. The Morgan fingerprint density at radius 2 is 2.05 bits per heavy atom. The van der Waals surface area contributed by atoms with Crippen LogP contribution in [0.2, 0.25) is 0 Å². The maximum absolute atomic E-state index is 10.5. The maximum Gasteiger partial charge on any atom is 0.0912 e. The topological polar surface area (TPSA) is 29.5 Å². The Morgan fingerprint density at radius 1 is 1.32 bits per heavy atom. The Labute approximate surface area is 119 Å². The van der Waals surface area contributed by atoms with Gasteiger partial charge in [-0.15, -0.1) is 11.3 Å². The fourth-order valence-corrected chi connectivity index (χ4v) is 3.35. The number of aliphatic hydroxyl groups is 1. The molecule has 1 heterocycles. The molecule has 1 aromatic heterocycles. The largest absolute Gasteiger partial charge is 0.390 e. The molecule has 2 unspecified atom stereocenters. The lowest BCUT2D eigenvalue weighted by molar-refractivity contribution is -0.110. The van der Waals surface area contributed by atoms with Gasteiger partial charge in [0.25, 0.3) is 0 Å². The fraction of sp³-hybridized carbons (Fsp3) is 0.500. The lowest BCUT2D eigenvalue weighted by Crippen LogP contribution is -2.42. The first-order chi connectivity index (χ1) is 9.10. The highest BCUT2D eigenvalue weighted by molar-refractivity contribution is 7.17. The van der Waals surface area contributed by atoms with Gasteiger partial charge in [0.1, 0.15) is 0 Å². The summed E-state index contributed by atoms with van der Waals surface area (Å²) in [6.45, 7) is 6.66. The first kappa shape index (κ1) is 14.5. The van der Waals surface area contributed by atoms with Crippen molar-refractivity contribution in [3.8, 4) is 0 Å². The van der Waals surface area contributed by atoms with E-state index >= 15 is 0 Å². The molecule has 0 aliphatic rings. The number of aliphatic hydroxyl groups excluding tert-OH is 1. The molecular formula is C16H22O2S. The van der Waals surface area contributed by atoms with Gasteiger partial charge in [-0.1, -0.05) is 25.1 Å². The van der Waals surface area contributed by atoms with Crippen LogP contribution in [0.25, 0.3) is 10.1 Å². The summed E-state index contributed by atoms with van der Waals surface area (Å²) in [6.07, 6.45) is 0.980. The Balaban J connectivity index is 2.20. The molecule has 0 aliphatic carbocycles. The molecule has 0 saturated heterocycles. The number of hydrogen-bond donors (Lipinski definition) is 1. The Bertz CT molecular complexity index is 534. The number of rotatable bonds is 6. The van der Waals surface area contributed by atoms with E-state index in [1.54, 1.807) is 11.3 Å². The molecule has 2 nitrogen and oxygen atoms in total. The van der Waals surface area contributed by atoms with E-state index in [2.05, 4.69) is 30.5 Å². The van der Waals surface area contributed by atoms with Gasteiger partial charge in [-0.25, -0.2) is 0 Å². The third-order valence-electron chi connectivity index (χ3n) is 3.86. The second kappa shape index (κ2) is 6.04. The third kappa shape index (κ3) is 2.99. The van der Waals surface area contributed by atoms with Crippen LogP contribution in [0.1, 0.15) is 32.8 Å². The highest BCUT2D eigenvalue weighted by Gasteiger charge is 2.32. The molecule has 0 spiro atoms. The molecule has 104 valence electrons. The van der Waals surface area contributed by atoms with Crippen molar-refractivity contribution in [3.63, 3.8) is 0 Å². The number of hydrogen-bond acceptors (Lipinski definition) is 3. The predicted octanol–water partition coefficient (Wildman–Crippen LogP) is 4.01. The van der Waals surface area contributed by atoms with Gasteiger partial charge in [-0.2, -0.15) is 0 Å². The van der Waals surface area contributed by atoms with Crippen LogP contribution >= 0.6 is 11.3 Å². The second-order valence-electron chi connectivity index (χ2n) is 5.08. The van der Waals surface area contributed by atoms with Crippen molar-refractivity contribution in [1.29, 1.82) is 0 Å². The zero-order chi connectivity index (χ0) is 13.9. The van der Waals surface area contributed by atoms with Crippen molar-refractivity contribution >= 4 is 21.4 Å². The standard InChI is InChI=1S/C16H22O2S/c1-4-16(3,18-5-2)15(17)10-12-11-19-14-9-7-6-8-13(12)14/h6-9,11,15,17H,4-5,10H2,1-3H3. The zero-order valence-electron chi connectivity index (χ0n) is 11.8. The summed E-state index contributed by atoms with van der Waals surface area (Å²) < 4.78 is 7.03. The number of ether oxygens (including phenoxy) is 1. The van der Waals surface area contributed by atoms with Gasteiger partial charge in [-0.05, 0) is 42.7 Å². The van der Waals surface area contributed by atoms with E-state index in [1.807, 2.05) is 19.9 Å². The van der Waals surface area contributed by atoms with Crippen LogP contribution in [0, 0.1) is 0 Å². The van der Waals surface area contributed by atoms with Crippen molar-refractivity contribution in [2.24, 2.45) is 0 Å². The minimum absolute atomic E-state index is 0.461. The fourth-order valence-electron chi connectivity index (χ4n) is 2.38. The predicted molar refractivity (Wildman–Crippen MR) is 81.9 cm³/mol. The van der Waals surface area contributed by atoms with E-state index in [1.165, 1.54) is 15.6 Å². The lowest BCUT2D eigenvalue weighted by Gasteiger charge is -2.33. The zero-order valence-corrected chi connectivity index (χ0v) is 12.7. The highest BCUT2D eigenvalue weighted by Crippen LogP contribution is 2.30. The molecule has 2 rings (SSSR count). The second-order valence-corrected chi connectivity index (χ2v) is 5.99. The monoisotopic (exact) mass is 278 g/mol. The Morgan fingerprint density at radius 3 is 2.74 bits per heavy atom. The molecule has 0 amide bonds. The van der Waals surface area contributed by atoms with E-state index < -0.39 is 11.7 Å². The Hall–Kier alpha value is -0.900. The van der Waals surface area contributed by atoms with Crippen LogP contribution in [-0.4, -0.2) is 23.4 Å². The average Bonchev–Trinajstić information content (AvgIpc) is 2.82. The first-order valence-electron chi connectivity index (χ1n) is 6.88. The van der Waals surface area contributed by atoms with Crippen LogP contribution < -0.4 is 0 Å². The minimum Gasteiger partial charge on any atom is -0.390 e. The van der Waals surface area contributed by atoms with Crippen molar-refractivity contribution in [1.82, 2.24) is 0 Å². The van der Waals surface area contributed by atoms with Gasteiger partial charge in [0.15, 0.2) is 0 Å². The average molecular weight is 278 g/mol. The van der Waals surface area contributed by atoms with Crippen molar-refractivity contribution < 1.29 is 9.84 Å². The highest BCUT2D eigenvalue weighted by atomic mass is 32.1. The molecule has 2 aromatic rings. The molecule has 1 aromatic carbocycles. The van der Waals surface area contributed by atoms with Gasteiger partial charge in [0, 0.05) is 17.7 Å². The molecule has 0 aliphatic heterocycles. The molecular weight excluding hydrogens is 256 g/mol. The number of benzene rings is 1. The van der Waals surface area contributed by atoms with E-state index in [0.29, 0.717) is 13.0 Å². The summed E-state index contributed by atoms with van der Waals surface area (Å²) >= 11 is 1.74. The summed E-state index contributed by atoms with van der Waals surface area (Å²) in [5.74, 6) is 0. The van der Waals surface area contributed by atoms with Crippen LogP contribution in [0.3, 0.4) is 0 Å². The van der Waals surface area contributed by atoms with Gasteiger partial charge < -0.3 is 9.84 Å². The summed E-state index contributed by atoms with van der Waals surface area (Å²) in [5, 5.41) is 13.9. The van der Waals surface area contributed by atoms with Gasteiger partial charge in [0.2, 0.25) is 0 Å². The van der Waals surface area contributed by atoms with Gasteiger partial charge in [0.05, 0.1) is 11.7 Å². The third-order valence-corrected chi connectivity index (χ3v) is 4.87. The normalized spacial score (nSPS) is 16.4. The molecule has 2 atom stereocenters. The van der Waals surface area contributed by atoms with E-state index in [4.69, 9.17) is 4.74 Å². The molecule has 19 heavy (non-hydrogen) atoms. The minimum atomic E-state index is -0.476. The van der Waals surface area contributed by atoms with Gasteiger partial charge >= 0.3 is 0 Å². The van der Waals surface area contributed by atoms with Crippen LogP contribution in [0.15, 0.2) is 29.6 Å². The molecule has 0 fully saturated rings. The summed E-state index contributed by atoms with van der Waals surface area (Å²) in [5.41, 5.74) is 0.755. The molecule has 0 radical (unpaired) electrons. The van der Waals surface area contributed by atoms with Gasteiger partial charge in [-0.3, -0.25) is 0 Å². The number of thiophene rings is 1. The van der Waals surface area contributed by atoms with E-state index in [-0.39, 0.29) is 0 Å². The van der Waals surface area contributed by atoms with E-state index in [9.17, 15) is 5.11 Å². The SMILES string of the molecule is CCOC(C)(CC)C(O)Cc1csc2ccccc12. The summed E-state index contributed by atoms with van der Waals surface area (Å²) in [6, 6.07) is 8.34. The smallest absolute Gasteiger partial charge is 0.0912 e. The van der Waals surface area contributed by atoms with E-state index in [0.717, 1.165) is 6.42 Å². The quantitative estimate of drug-likeness (QED) is 0.865. The maximum atomic E-state index is 10.5. The lowest BCUT2D eigenvalue weighted by atomic mass is 9.90. The number of fused-ring (bicyclic) bond motifs is 1. The van der Waals surface area contributed by atoms with Crippen molar-refractivity contribution in [2.75, 3.05) is 6.61 Å². The van der Waals surface area contributed by atoms with Crippen LogP contribution in [0.5, 0.6) is 0 Å². The summed E-state index contributed by atoms with van der Waals surface area (Å²) in [4.78, 5) is 0. The molecule has 3 heteroatoms. The van der Waals surface area contributed by atoms with Crippen LogP contribution in [0.4, 0.5) is 0 Å². The first-order valence-corrected chi connectivity index (χ1v) is 7.75. The van der Waals surface area contributed by atoms with Crippen molar-refractivity contribution in [3.05, 3.63) is 35.2 Å².